The molecule has 1 N–H and O–H groups in total. The summed E-state index contributed by atoms with van der Waals surface area (Å²) < 4.78 is 5.89. The topological polar surface area (TPSA) is 41.6 Å². The van der Waals surface area contributed by atoms with Crippen LogP contribution >= 0.6 is 23.5 Å². The Labute approximate surface area is 153 Å². The average Bonchev–Trinajstić information content (AvgIpc) is 3.17. The maximum Gasteiger partial charge on any atom is 0.251 e. The van der Waals surface area contributed by atoms with E-state index in [2.05, 4.69) is 22.3 Å². The maximum absolute atomic E-state index is 12.2. The van der Waals surface area contributed by atoms with Crippen LogP contribution in [0.25, 0.3) is 0 Å². The van der Waals surface area contributed by atoms with E-state index >= 15 is 0 Å². The molecule has 0 bridgehead atoms. The molecule has 132 valence electrons. The Kier molecular flexibility index (Phi) is 7.32. The first kappa shape index (κ1) is 18.1. The lowest BCUT2D eigenvalue weighted by atomic mass is 10.1. The van der Waals surface area contributed by atoms with E-state index in [1.54, 1.807) is 0 Å². The van der Waals surface area contributed by atoms with Crippen molar-refractivity contribution in [1.29, 1.82) is 0 Å². The molecular formula is C18H26N2O2S2. The highest BCUT2D eigenvalue weighted by atomic mass is 32.2. The van der Waals surface area contributed by atoms with Crippen LogP contribution in [-0.2, 0) is 4.74 Å². The number of nitrogens with one attached hydrogen (secondary N) is 1. The van der Waals surface area contributed by atoms with Gasteiger partial charge in [0.05, 0.1) is 17.8 Å². The van der Waals surface area contributed by atoms with Gasteiger partial charge in [0, 0.05) is 36.7 Å². The minimum Gasteiger partial charge on any atom is -0.379 e. The lowest BCUT2D eigenvalue weighted by Gasteiger charge is -2.26. The molecule has 0 spiro atoms. The molecule has 24 heavy (non-hydrogen) atoms. The second-order valence-corrected chi connectivity index (χ2v) is 8.84. The lowest BCUT2D eigenvalue weighted by Crippen LogP contribution is -2.37. The summed E-state index contributed by atoms with van der Waals surface area (Å²) in [6.45, 7) is 5.63. The van der Waals surface area contributed by atoms with Crippen LogP contribution in [0, 0.1) is 0 Å². The standard InChI is InChI=1S/C18H26N2O2S2/c21-17(19-7-1-2-8-20-9-11-22-12-10-20)15-3-5-16(6-4-15)18-23-13-14-24-18/h3-6,18H,1-2,7-14H2,(H,19,21). The number of hydrogen-bond acceptors (Lipinski definition) is 5. The largest absolute Gasteiger partial charge is 0.379 e. The maximum atomic E-state index is 12.2. The molecule has 2 aliphatic heterocycles. The SMILES string of the molecule is O=C(NCCCCN1CCOCC1)c1ccc(C2SCCS2)cc1. The van der Waals surface area contributed by atoms with Crippen molar-refractivity contribution in [3.8, 4) is 0 Å². The van der Waals surface area contributed by atoms with Crippen LogP contribution in [0.5, 0.6) is 0 Å². The summed E-state index contributed by atoms with van der Waals surface area (Å²) in [5.41, 5.74) is 2.09. The molecule has 1 aromatic rings. The summed E-state index contributed by atoms with van der Waals surface area (Å²) in [6.07, 6.45) is 2.14. The van der Waals surface area contributed by atoms with Crippen molar-refractivity contribution in [2.24, 2.45) is 0 Å². The molecule has 0 radical (unpaired) electrons. The number of benzene rings is 1. The van der Waals surface area contributed by atoms with E-state index < -0.39 is 0 Å². The third-order valence-electron chi connectivity index (χ3n) is 4.36. The Morgan fingerprint density at radius 1 is 1.12 bits per heavy atom. The molecule has 3 rings (SSSR count). The first-order chi connectivity index (χ1) is 11.8. The Bertz CT molecular complexity index is 512. The summed E-state index contributed by atoms with van der Waals surface area (Å²) in [4.78, 5) is 14.6. The second-order valence-electron chi connectivity index (χ2n) is 6.11. The fraction of sp³-hybridized carbons (Fsp3) is 0.611. The molecule has 4 nitrogen and oxygen atoms in total. The van der Waals surface area contributed by atoms with Crippen molar-refractivity contribution in [3.63, 3.8) is 0 Å². The molecule has 0 unspecified atom stereocenters. The Morgan fingerprint density at radius 3 is 2.54 bits per heavy atom. The molecule has 0 saturated carbocycles. The number of hydrogen-bond donors (Lipinski definition) is 1. The van der Waals surface area contributed by atoms with Crippen LogP contribution in [0.15, 0.2) is 24.3 Å². The van der Waals surface area contributed by atoms with Gasteiger partial charge >= 0.3 is 0 Å². The Balaban J connectivity index is 1.34. The fourth-order valence-electron chi connectivity index (χ4n) is 2.93. The third kappa shape index (κ3) is 5.41. The highest BCUT2D eigenvalue weighted by molar-refractivity contribution is 8.19. The Hall–Kier alpha value is -0.690. The van der Waals surface area contributed by atoms with Gasteiger partial charge in [0.15, 0.2) is 0 Å². The van der Waals surface area contributed by atoms with E-state index in [-0.39, 0.29) is 5.91 Å². The number of unbranched alkanes of at least 4 members (excludes halogenated alkanes) is 1. The molecule has 2 fully saturated rings. The van der Waals surface area contributed by atoms with Gasteiger partial charge in [-0.25, -0.2) is 0 Å². The summed E-state index contributed by atoms with van der Waals surface area (Å²) in [5, 5.41) is 3.03. The van der Waals surface area contributed by atoms with Crippen LogP contribution < -0.4 is 5.32 Å². The molecule has 6 heteroatoms. The van der Waals surface area contributed by atoms with Crippen LogP contribution in [0.4, 0.5) is 0 Å². The highest BCUT2D eigenvalue weighted by Crippen LogP contribution is 2.45. The van der Waals surface area contributed by atoms with E-state index in [0.29, 0.717) is 4.58 Å². The van der Waals surface area contributed by atoms with Crippen molar-refractivity contribution < 1.29 is 9.53 Å². The summed E-state index contributed by atoms with van der Waals surface area (Å²) >= 11 is 3.98. The minimum atomic E-state index is 0.0413. The minimum absolute atomic E-state index is 0.0413. The molecule has 0 aromatic heterocycles. The van der Waals surface area contributed by atoms with Gasteiger partial charge in [0.2, 0.25) is 0 Å². The van der Waals surface area contributed by atoms with E-state index in [9.17, 15) is 4.79 Å². The number of carbonyl (C=O) groups excluding carboxylic acids is 1. The predicted molar refractivity (Wildman–Crippen MR) is 103 cm³/mol. The molecule has 0 atom stereocenters. The number of morpholine rings is 1. The van der Waals surface area contributed by atoms with Crippen LogP contribution in [0.3, 0.4) is 0 Å². The zero-order valence-corrected chi connectivity index (χ0v) is 15.7. The lowest BCUT2D eigenvalue weighted by molar-refractivity contribution is 0.0372. The first-order valence-electron chi connectivity index (χ1n) is 8.74. The van der Waals surface area contributed by atoms with Gasteiger partial charge in [-0.15, -0.1) is 23.5 Å². The van der Waals surface area contributed by atoms with Gasteiger partial charge in [0.1, 0.15) is 0 Å². The molecule has 1 amide bonds. The zero-order chi connectivity index (χ0) is 16.6. The van der Waals surface area contributed by atoms with Gasteiger partial charge < -0.3 is 10.1 Å². The van der Waals surface area contributed by atoms with Crippen molar-refractivity contribution in [2.75, 3.05) is 50.9 Å². The van der Waals surface area contributed by atoms with Crippen LogP contribution in [0.2, 0.25) is 0 Å². The van der Waals surface area contributed by atoms with Crippen molar-refractivity contribution >= 4 is 29.4 Å². The molecule has 2 saturated heterocycles. The number of ether oxygens (including phenoxy) is 1. The summed E-state index contributed by atoms with van der Waals surface area (Å²) in [5.74, 6) is 2.49. The van der Waals surface area contributed by atoms with Crippen molar-refractivity contribution in [1.82, 2.24) is 10.2 Å². The van der Waals surface area contributed by atoms with Gasteiger partial charge in [-0.1, -0.05) is 12.1 Å². The number of thioether (sulfide) groups is 2. The van der Waals surface area contributed by atoms with E-state index in [0.717, 1.165) is 57.8 Å². The number of amides is 1. The van der Waals surface area contributed by atoms with Gasteiger partial charge in [-0.3, -0.25) is 9.69 Å². The van der Waals surface area contributed by atoms with Gasteiger partial charge in [-0.2, -0.15) is 0 Å². The number of carbonyl (C=O) groups is 1. The molecular weight excluding hydrogens is 340 g/mol. The van der Waals surface area contributed by atoms with Crippen LogP contribution in [-0.4, -0.2) is 61.7 Å². The van der Waals surface area contributed by atoms with Crippen molar-refractivity contribution in [2.45, 2.75) is 17.4 Å². The second kappa shape index (κ2) is 9.70. The molecule has 2 aliphatic rings. The summed E-state index contributed by atoms with van der Waals surface area (Å²) in [6, 6.07) is 8.11. The fourth-order valence-corrected chi connectivity index (χ4v) is 5.79. The van der Waals surface area contributed by atoms with E-state index in [4.69, 9.17) is 4.74 Å². The van der Waals surface area contributed by atoms with Gasteiger partial charge in [-0.05, 0) is 37.1 Å². The smallest absolute Gasteiger partial charge is 0.251 e. The molecule has 1 aromatic carbocycles. The number of rotatable bonds is 7. The van der Waals surface area contributed by atoms with Crippen molar-refractivity contribution in [3.05, 3.63) is 35.4 Å². The van der Waals surface area contributed by atoms with E-state index in [1.165, 1.54) is 17.1 Å². The van der Waals surface area contributed by atoms with Gasteiger partial charge in [0.25, 0.3) is 5.91 Å². The average molecular weight is 367 g/mol. The predicted octanol–water partition coefficient (Wildman–Crippen LogP) is 3.01. The molecule has 2 heterocycles. The quantitative estimate of drug-likeness (QED) is 0.752. The normalized spacial score (nSPS) is 19.5. The number of nitrogens with zero attached hydrogens (tertiary/aromatic N) is 1. The highest BCUT2D eigenvalue weighted by Gasteiger charge is 2.18. The third-order valence-corrected chi connectivity index (χ3v) is 7.46. The monoisotopic (exact) mass is 366 g/mol. The first-order valence-corrected chi connectivity index (χ1v) is 10.8. The molecule has 0 aliphatic carbocycles. The zero-order valence-electron chi connectivity index (χ0n) is 14.0. The Morgan fingerprint density at radius 2 is 1.83 bits per heavy atom. The summed E-state index contributed by atoms with van der Waals surface area (Å²) in [7, 11) is 0. The van der Waals surface area contributed by atoms with E-state index in [1.807, 2.05) is 35.7 Å². The van der Waals surface area contributed by atoms with Crippen LogP contribution in [0.1, 0.15) is 33.3 Å².